The smallest absolute Gasteiger partial charge is 0.228 e. The van der Waals surface area contributed by atoms with E-state index in [-0.39, 0.29) is 0 Å². The van der Waals surface area contributed by atoms with E-state index in [2.05, 4.69) is 52.2 Å². The molecule has 20 heavy (non-hydrogen) atoms. The number of nitrogens with zero attached hydrogens (tertiary/aromatic N) is 2. The van der Waals surface area contributed by atoms with Crippen LogP contribution in [-0.4, -0.2) is 22.7 Å². The first-order valence-electron chi connectivity index (χ1n) is 6.92. The van der Waals surface area contributed by atoms with Gasteiger partial charge in [0.15, 0.2) is 0 Å². The van der Waals surface area contributed by atoms with Gasteiger partial charge in [-0.2, -0.15) is 4.98 Å². The van der Waals surface area contributed by atoms with E-state index in [9.17, 15) is 0 Å². The Bertz CT molecular complexity index is 536. The van der Waals surface area contributed by atoms with Crippen molar-refractivity contribution < 1.29 is 4.52 Å². The molecule has 0 aliphatic rings. The second kappa shape index (κ2) is 6.99. The predicted molar refractivity (Wildman–Crippen MR) is 83.4 cm³/mol. The molecule has 0 amide bonds. The Kier molecular flexibility index (Phi) is 5.31. The lowest BCUT2D eigenvalue weighted by Crippen LogP contribution is -2.35. The van der Waals surface area contributed by atoms with E-state index >= 15 is 0 Å². The van der Waals surface area contributed by atoms with Crippen molar-refractivity contribution in [3.05, 3.63) is 34.6 Å². The van der Waals surface area contributed by atoms with Crippen LogP contribution in [0.4, 0.5) is 0 Å². The highest BCUT2D eigenvalue weighted by Gasteiger charge is 2.17. The molecule has 0 radical (unpaired) electrons. The molecule has 2 rings (SSSR count). The molecule has 108 valence electrons. The van der Waals surface area contributed by atoms with Crippen LogP contribution >= 0.6 is 15.9 Å². The highest BCUT2D eigenvalue weighted by atomic mass is 79.9. The van der Waals surface area contributed by atoms with E-state index < -0.39 is 0 Å². The minimum atomic E-state index is 0.359. The number of hydrogen-bond donors (Lipinski definition) is 1. The van der Waals surface area contributed by atoms with Crippen molar-refractivity contribution in [3.8, 4) is 11.4 Å². The van der Waals surface area contributed by atoms with Gasteiger partial charge < -0.3 is 9.84 Å². The first kappa shape index (κ1) is 15.2. The third kappa shape index (κ3) is 3.90. The van der Waals surface area contributed by atoms with Crippen LogP contribution in [-0.2, 0) is 6.42 Å². The summed E-state index contributed by atoms with van der Waals surface area (Å²) in [6, 6.07) is 8.26. The second-order valence-corrected chi connectivity index (χ2v) is 6.05. The Morgan fingerprint density at radius 1 is 1.25 bits per heavy atom. The molecule has 1 aromatic carbocycles. The van der Waals surface area contributed by atoms with E-state index in [1.807, 2.05) is 24.3 Å². The summed E-state index contributed by atoms with van der Waals surface area (Å²) >= 11 is 3.42. The SMILES string of the molecule is CCNC(Cc1nc(-c2ccc(Br)cc2)no1)C(C)C. The van der Waals surface area contributed by atoms with Gasteiger partial charge in [-0.1, -0.05) is 41.9 Å². The van der Waals surface area contributed by atoms with Gasteiger partial charge in [0.05, 0.1) is 0 Å². The lowest BCUT2D eigenvalue weighted by molar-refractivity contribution is 0.329. The summed E-state index contributed by atoms with van der Waals surface area (Å²) < 4.78 is 6.40. The number of rotatable bonds is 6. The molecule has 0 spiro atoms. The van der Waals surface area contributed by atoms with Gasteiger partial charge >= 0.3 is 0 Å². The summed E-state index contributed by atoms with van der Waals surface area (Å²) in [7, 11) is 0. The normalized spacial score (nSPS) is 12.8. The first-order chi connectivity index (χ1) is 9.60. The Hall–Kier alpha value is -1.20. The zero-order chi connectivity index (χ0) is 14.5. The molecule has 5 heteroatoms. The molecule has 0 saturated carbocycles. The molecule has 0 aliphatic heterocycles. The van der Waals surface area contributed by atoms with Crippen LogP contribution in [0.3, 0.4) is 0 Å². The molecule has 1 unspecified atom stereocenters. The number of hydrogen-bond acceptors (Lipinski definition) is 4. The molecule has 1 heterocycles. The van der Waals surface area contributed by atoms with Crippen LogP contribution in [0.5, 0.6) is 0 Å². The summed E-state index contributed by atoms with van der Waals surface area (Å²) in [4.78, 5) is 4.48. The van der Waals surface area contributed by atoms with Crippen LogP contribution < -0.4 is 5.32 Å². The van der Waals surface area contributed by atoms with Crippen molar-refractivity contribution >= 4 is 15.9 Å². The summed E-state index contributed by atoms with van der Waals surface area (Å²) in [5.74, 6) is 1.85. The van der Waals surface area contributed by atoms with E-state index in [1.165, 1.54) is 0 Å². The van der Waals surface area contributed by atoms with Crippen molar-refractivity contribution in [1.82, 2.24) is 15.5 Å². The standard InChI is InChI=1S/C15H20BrN3O/c1-4-17-13(10(2)3)9-14-18-15(19-20-14)11-5-7-12(16)8-6-11/h5-8,10,13,17H,4,9H2,1-3H3. The molecular weight excluding hydrogens is 318 g/mol. The number of aromatic nitrogens is 2. The summed E-state index contributed by atoms with van der Waals surface area (Å²) in [6.07, 6.45) is 0.759. The highest BCUT2D eigenvalue weighted by Crippen LogP contribution is 2.19. The Morgan fingerprint density at radius 2 is 1.95 bits per heavy atom. The Balaban J connectivity index is 2.10. The number of halogens is 1. The van der Waals surface area contributed by atoms with Crippen molar-refractivity contribution in [2.75, 3.05) is 6.54 Å². The minimum absolute atomic E-state index is 0.359. The monoisotopic (exact) mass is 337 g/mol. The summed E-state index contributed by atoms with van der Waals surface area (Å²) in [5, 5.41) is 7.51. The zero-order valence-electron chi connectivity index (χ0n) is 12.1. The number of nitrogens with one attached hydrogen (secondary N) is 1. The molecule has 4 nitrogen and oxygen atoms in total. The largest absolute Gasteiger partial charge is 0.339 e. The van der Waals surface area contributed by atoms with E-state index in [0.717, 1.165) is 23.0 Å². The molecule has 0 bridgehead atoms. The minimum Gasteiger partial charge on any atom is -0.339 e. The molecule has 0 fully saturated rings. The van der Waals surface area contributed by atoms with Crippen LogP contribution in [0.15, 0.2) is 33.3 Å². The third-order valence-corrected chi connectivity index (χ3v) is 3.76. The first-order valence-corrected chi connectivity index (χ1v) is 7.71. The van der Waals surface area contributed by atoms with Crippen molar-refractivity contribution in [2.24, 2.45) is 5.92 Å². The van der Waals surface area contributed by atoms with Crippen LogP contribution in [0, 0.1) is 5.92 Å². The zero-order valence-corrected chi connectivity index (χ0v) is 13.6. The fourth-order valence-corrected chi connectivity index (χ4v) is 2.31. The third-order valence-electron chi connectivity index (χ3n) is 3.24. The average Bonchev–Trinajstić information content (AvgIpc) is 2.87. The van der Waals surface area contributed by atoms with Crippen molar-refractivity contribution in [3.63, 3.8) is 0 Å². The maximum absolute atomic E-state index is 5.36. The predicted octanol–water partition coefficient (Wildman–Crippen LogP) is 3.68. The van der Waals surface area contributed by atoms with Crippen molar-refractivity contribution in [1.29, 1.82) is 0 Å². The van der Waals surface area contributed by atoms with Gasteiger partial charge in [0, 0.05) is 22.5 Å². The molecule has 2 aromatic rings. The molecule has 0 aliphatic carbocycles. The lowest BCUT2D eigenvalue weighted by Gasteiger charge is -2.19. The quantitative estimate of drug-likeness (QED) is 0.873. The Morgan fingerprint density at radius 3 is 2.55 bits per heavy atom. The second-order valence-electron chi connectivity index (χ2n) is 5.13. The van der Waals surface area contributed by atoms with Gasteiger partial charge in [0.1, 0.15) is 0 Å². The van der Waals surface area contributed by atoms with Gasteiger partial charge in [0.2, 0.25) is 11.7 Å². The maximum atomic E-state index is 5.36. The van der Waals surface area contributed by atoms with Gasteiger partial charge in [0.25, 0.3) is 0 Å². The summed E-state index contributed by atoms with van der Waals surface area (Å²) in [6.45, 7) is 7.44. The van der Waals surface area contributed by atoms with E-state index in [0.29, 0.717) is 23.7 Å². The van der Waals surface area contributed by atoms with Gasteiger partial charge in [-0.05, 0) is 36.7 Å². The number of likely N-dealkylation sites (N-methyl/N-ethyl adjacent to an activating group) is 1. The summed E-state index contributed by atoms with van der Waals surface area (Å²) in [5.41, 5.74) is 0.966. The fourth-order valence-electron chi connectivity index (χ4n) is 2.05. The van der Waals surface area contributed by atoms with Gasteiger partial charge in [-0.25, -0.2) is 0 Å². The number of benzene rings is 1. The van der Waals surface area contributed by atoms with E-state index in [4.69, 9.17) is 4.52 Å². The fraction of sp³-hybridized carbons (Fsp3) is 0.467. The highest BCUT2D eigenvalue weighted by molar-refractivity contribution is 9.10. The molecular formula is C15H20BrN3O. The van der Waals surface area contributed by atoms with Crippen LogP contribution in [0.1, 0.15) is 26.7 Å². The van der Waals surface area contributed by atoms with Gasteiger partial charge in [-0.15, -0.1) is 0 Å². The Labute approximate surface area is 128 Å². The lowest BCUT2D eigenvalue weighted by atomic mass is 10.0. The van der Waals surface area contributed by atoms with Gasteiger partial charge in [-0.3, -0.25) is 0 Å². The molecule has 1 atom stereocenters. The molecule has 1 N–H and O–H groups in total. The van der Waals surface area contributed by atoms with E-state index in [1.54, 1.807) is 0 Å². The molecule has 0 saturated heterocycles. The van der Waals surface area contributed by atoms with Crippen LogP contribution in [0.25, 0.3) is 11.4 Å². The van der Waals surface area contributed by atoms with Crippen LogP contribution in [0.2, 0.25) is 0 Å². The molecule has 1 aromatic heterocycles. The topological polar surface area (TPSA) is 51.0 Å². The maximum Gasteiger partial charge on any atom is 0.228 e. The average molecular weight is 338 g/mol. The van der Waals surface area contributed by atoms with Crippen molar-refractivity contribution in [2.45, 2.75) is 33.2 Å².